The summed E-state index contributed by atoms with van der Waals surface area (Å²) >= 11 is 9.19. The molecule has 2 rings (SSSR count). The lowest BCUT2D eigenvalue weighted by atomic mass is 10.2. The summed E-state index contributed by atoms with van der Waals surface area (Å²) in [5.74, 6) is -0.260. The molecule has 0 aromatic heterocycles. The largest absolute Gasteiger partial charge is 0.488 e. The van der Waals surface area contributed by atoms with E-state index in [0.717, 1.165) is 0 Å². The second kappa shape index (κ2) is 6.78. The molecule has 7 heteroatoms. The van der Waals surface area contributed by atoms with Crippen LogP contribution in [0.3, 0.4) is 0 Å². The van der Waals surface area contributed by atoms with E-state index in [4.69, 9.17) is 27.3 Å². The quantitative estimate of drug-likeness (QED) is 0.369. The van der Waals surface area contributed by atoms with Gasteiger partial charge in [-0.25, -0.2) is 4.39 Å². The van der Waals surface area contributed by atoms with Crippen LogP contribution in [0, 0.1) is 5.82 Å². The van der Waals surface area contributed by atoms with Crippen LogP contribution < -0.4 is 10.5 Å². The third-order valence-electron chi connectivity index (χ3n) is 2.74. The molecule has 110 valence electrons. The minimum Gasteiger partial charge on any atom is -0.488 e. The molecule has 0 aliphatic heterocycles. The van der Waals surface area contributed by atoms with Crippen molar-refractivity contribution in [1.29, 1.82) is 0 Å². The third-order valence-corrected chi connectivity index (χ3v) is 3.55. The van der Waals surface area contributed by atoms with E-state index in [1.54, 1.807) is 30.3 Å². The molecule has 0 heterocycles. The molecule has 0 bridgehead atoms. The first-order chi connectivity index (χ1) is 10.0. The number of hydrogen-bond donors (Lipinski definition) is 2. The highest BCUT2D eigenvalue weighted by molar-refractivity contribution is 9.10. The average molecular weight is 374 g/mol. The van der Waals surface area contributed by atoms with Crippen molar-refractivity contribution in [1.82, 2.24) is 0 Å². The van der Waals surface area contributed by atoms with Crippen LogP contribution in [0.1, 0.15) is 11.1 Å². The summed E-state index contributed by atoms with van der Waals surface area (Å²) in [5, 5.41) is 12.0. The van der Waals surface area contributed by atoms with Gasteiger partial charge >= 0.3 is 0 Å². The number of oxime groups is 1. The Kier molecular flexibility index (Phi) is 5.03. The van der Waals surface area contributed by atoms with Crippen molar-refractivity contribution in [3.63, 3.8) is 0 Å². The van der Waals surface area contributed by atoms with Gasteiger partial charge in [-0.15, -0.1) is 0 Å². The average Bonchev–Trinajstić information content (AvgIpc) is 2.45. The van der Waals surface area contributed by atoms with Crippen molar-refractivity contribution in [2.45, 2.75) is 6.61 Å². The molecule has 2 aromatic rings. The van der Waals surface area contributed by atoms with Gasteiger partial charge in [-0.1, -0.05) is 44.8 Å². The van der Waals surface area contributed by atoms with Crippen LogP contribution in [-0.2, 0) is 6.61 Å². The molecule has 0 spiro atoms. The molecule has 21 heavy (non-hydrogen) atoms. The smallest absolute Gasteiger partial charge is 0.175 e. The number of amidine groups is 1. The van der Waals surface area contributed by atoms with Crippen molar-refractivity contribution >= 4 is 33.4 Å². The molecule has 0 fully saturated rings. The Hall–Kier alpha value is -1.79. The van der Waals surface area contributed by atoms with E-state index in [-0.39, 0.29) is 23.0 Å². The number of benzene rings is 2. The Labute approximate surface area is 134 Å². The van der Waals surface area contributed by atoms with Crippen molar-refractivity contribution in [2.24, 2.45) is 10.9 Å². The van der Waals surface area contributed by atoms with Gasteiger partial charge in [0, 0.05) is 10.0 Å². The van der Waals surface area contributed by atoms with Gasteiger partial charge in [-0.05, 0) is 24.3 Å². The molecule has 4 nitrogen and oxygen atoms in total. The molecule has 0 amide bonds. The molecule has 2 aromatic carbocycles. The predicted octanol–water partition coefficient (Wildman–Crippen LogP) is 3.92. The third kappa shape index (κ3) is 3.65. The molecular weight excluding hydrogens is 363 g/mol. The fourth-order valence-corrected chi connectivity index (χ4v) is 2.31. The van der Waals surface area contributed by atoms with E-state index in [9.17, 15) is 4.39 Å². The number of hydrogen-bond acceptors (Lipinski definition) is 3. The summed E-state index contributed by atoms with van der Waals surface area (Å²) in [6.07, 6.45) is 0. The zero-order chi connectivity index (χ0) is 15.4. The highest BCUT2D eigenvalue weighted by Crippen LogP contribution is 2.27. The Morgan fingerprint density at radius 3 is 2.81 bits per heavy atom. The van der Waals surface area contributed by atoms with Gasteiger partial charge in [-0.3, -0.25) is 0 Å². The van der Waals surface area contributed by atoms with E-state index in [1.165, 1.54) is 6.07 Å². The molecule has 0 aliphatic carbocycles. The van der Waals surface area contributed by atoms with Crippen molar-refractivity contribution < 1.29 is 14.3 Å². The zero-order valence-electron chi connectivity index (χ0n) is 10.7. The summed E-state index contributed by atoms with van der Waals surface area (Å²) < 4.78 is 19.9. The van der Waals surface area contributed by atoms with Gasteiger partial charge in [0.15, 0.2) is 5.84 Å². The van der Waals surface area contributed by atoms with Crippen molar-refractivity contribution in [2.75, 3.05) is 0 Å². The van der Waals surface area contributed by atoms with E-state index in [1.807, 2.05) is 0 Å². The normalized spacial score (nSPS) is 11.5. The topological polar surface area (TPSA) is 67.8 Å². The Balaban J connectivity index is 2.26. The minimum atomic E-state index is -0.392. The van der Waals surface area contributed by atoms with Crippen LogP contribution in [0.4, 0.5) is 4.39 Å². The summed E-state index contributed by atoms with van der Waals surface area (Å²) in [4.78, 5) is 0. The van der Waals surface area contributed by atoms with Crippen LogP contribution in [0.15, 0.2) is 46.0 Å². The molecular formula is C14H11BrClFN2O2. The number of nitrogens with zero attached hydrogens (tertiary/aromatic N) is 1. The SMILES string of the molecule is N/C(=N/O)c1c(Cl)cccc1OCc1ccc(Br)cc1F. The van der Waals surface area contributed by atoms with E-state index in [2.05, 4.69) is 21.1 Å². The first kappa shape index (κ1) is 15.6. The van der Waals surface area contributed by atoms with E-state index < -0.39 is 5.82 Å². The van der Waals surface area contributed by atoms with Crippen LogP contribution in [0.2, 0.25) is 5.02 Å². The van der Waals surface area contributed by atoms with Crippen LogP contribution in [-0.4, -0.2) is 11.0 Å². The highest BCUT2D eigenvalue weighted by atomic mass is 79.9. The van der Waals surface area contributed by atoms with Crippen LogP contribution in [0.25, 0.3) is 0 Å². The second-order valence-electron chi connectivity index (χ2n) is 4.12. The number of ether oxygens (including phenoxy) is 1. The maximum absolute atomic E-state index is 13.7. The highest BCUT2D eigenvalue weighted by Gasteiger charge is 2.13. The fourth-order valence-electron chi connectivity index (χ4n) is 1.72. The molecule has 0 atom stereocenters. The maximum Gasteiger partial charge on any atom is 0.175 e. The monoisotopic (exact) mass is 372 g/mol. The fraction of sp³-hybridized carbons (Fsp3) is 0.0714. The summed E-state index contributed by atoms with van der Waals surface area (Å²) in [6.45, 7) is -0.00877. The lowest BCUT2D eigenvalue weighted by molar-refractivity contribution is 0.297. The van der Waals surface area contributed by atoms with Gasteiger partial charge < -0.3 is 15.7 Å². The Morgan fingerprint density at radius 1 is 1.38 bits per heavy atom. The standard InChI is InChI=1S/C14H11BrClFN2O2/c15-9-5-4-8(11(17)6-9)7-21-12-3-1-2-10(16)13(12)14(18)19-20/h1-6,20H,7H2,(H2,18,19). The predicted molar refractivity (Wildman–Crippen MR) is 82.4 cm³/mol. The van der Waals surface area contributed by atoms with Crippen molar-refractivity contribution in [3.8, 4) is 5.75 Å². The van der Waals surface area contributed by atoms with E-state index in [0.29, 0.717) is 15.8 Å². The summed E-state index contributed by atoms with van der Waals surface area (Å²) in [7, 11) is 0. The minimum absolute atomic E-state index is 0.00877. The Bertz CT molecular complexity index is 695. The maximum atomic E-state index is 13.7. The van der Waals surface area contributed by atoms with Crippen molar-refractivity contribution in [3.05, 3.63) is 62.8 Å². The molecule has 0 saturated carbocycles. The molecule has 3 N–H and O–H groups in total. The number of rotatable bonds is 4. The Morgan fingerprint density at radius 2 is 2.14 bits per heavy atom. The van der Waals surface area contributed by atoms with Crippen LogP contribution >= 0.6 is 27.5 Å². The van der Waals surface area contributed by atoms with E-state index >= 15 is 0 Å². The first-order valence-corrected chi connectivity index (χ1v) is 7.03. The molecule has 0 radical (unpaired) electrons. The summed E-state index contributed by atoms with van der Waals surface area (Å²) in [6, 6.07) is 9.51. The van der Waals surface area contributed by atoms with Gasteiger partial charge in [0.1, 0.15) is 18.2 Å². The molecule has 0 aliphatic rings. The number of halogens is 3. The van der Waals surface area contributed by atoms with Gasteiger partial charge in [0.05, 0.1) is 10.6 Å². The van der Waals surface area contributed by atoms with Gasteiger partial charge in [-0.2, -0.15) is 0 Å². The second-order valence-corrected chi connectivity index (χ2v) is 5.45. The zero-order valence-corrected chi connectivity index (χ0v) is 13.0. The summed E-state index contributed by atoms with van der Waals surface area (Å²) in [5.41, 5.74) is 6.21. The number of nitrogens with two attached hydrogens (primary N) is 1. The lowest BCUT2D eigenvalue weighted by Gasteiger charge is -2.12. The van der Waals surface area contributed by atoms with Gasteiger partial charge in [0.2, 0.25) is 0 Å². The van der Waals surface area contributed by atoms with Crippen LogP contribution in [0.5, 0.6) is 5.75 Å². The lowest BCUT2D eigenvalue weighted by Crippen LogP contribution is -2.15. The molecule has 0 unspecified atom stereocenters. The first-order valence-electron chi connectivity index (χ1n) is 5.86. The molecule has 0 saturated heterocycles. The van der Waals surface area contributed by atoms with Gasteiger partial charge in [0.25, 0.3) is 0 Å².